The van der Waals surface area contributed by atoms with Crippen LogP contribution in [0.2, 0.25) is 0 Å². The lowest BCUT2D eigenvalue weighted by atomic mass is 9.99. The normalized spacial score (nSPS) is 18.2. The van der Waals surface area contributed by atoms with Crippen LogP contribution in [0.1, 0.15) is 30.4 Å². The van der Waals surface area contributed by atoms with E-state index in [2.05, 4.69) is 40.1 Å². The van der Waals surface area contributed by atoms with E-state index in [4.69, 9.17) is 0 Å². The van der Waals surface area contributed by atoms with Gasteiger partial charge < -0.3 is 4.90 Å². The Bertz CT molecular complexity index is 888. The third-order valence-corrected chi connectivity index (χ3v) is 6.25. The number of likely N-dealkylation sites (tertiary alicyclic amines) is 1. The van der Waals surface area contributed by atoms with Gasteiger partial charge in [-0.25, -0.2) is 0 Å². The molecule has 156 valence electrons. The summed E-state index contributed by atoms with van der Waals surface area (Å²) in [6.07, 6.45) is 3.56. The van der Waals surface area contributed by atoms with Crippen LogP contribution in [0.5, 0.6) is 0 Å². The van der Waals surface area contributed by atoms with Crippen molar-refractivity contribution < 1.29 is 4.79 Å². The van der Waals surface area contributed by atoms with Crippen molar-refractivity contribution in [3.63, 3.8) is 0 Å². The molecule has 2 saturated heterocycles. The zero-order valence-corrected chi connectivity index (χ0v) is 17.6. The van der Waals surface area contributed by atoms with Gasteiger partial charge in [-0.1, -0.05) is 42.5 Å². The summed E-state index contributed by atoms with van der Waals surface area (Å²) in [7, 11) is 0. The summed E-state index contributed by atoms with van der Waals surface area (Å²) in [4.78, 5) is 19.3. The molecule has 0 unspecified atom stereocenters. The number of carbonyl (C=O) groups excluding carboxylic acids is 1. The van der Waals surface area contributed by atoms with Gasteiger partial charge in [-0.2, -0.15) is 5.26 Å². The molecule has 0 aliphatic carbocycles. The number of hydrogen-bond donors (Lipinski definition) is 0. The average molecular weight is 403 g/mol. The average Bonchev–Trinajstić information content (AvgIpc) is 2.81. The third kappa shape index (κ3) is 5.08. The molecule has 2 aromatic carbocycles. The second kappa shape index (κ2) is 9.88. The van der Waals surface area contributed by atoms with E-state index in [1.807, 2.05) is 29.2 Å². The van der Waals surface area contributed by atoms with E-state index < -0.39 is 0 Å². The highest BCUT2D eigenvalue weighted by atomic mass is 16.2. The van der Waals surface area contributed by atoms with Crippen LogP contribution in [-0.4, -0.2) is 66.4 Å². The van der Waals surface area contributed by atoms with E-state index in [0.717, 1.165) is 69.8 Å². The molecule has 2 heterocycles. The molecule has 0 bridgehead atoms. The second-order valence-electron chi connectivity index (χ2n) is 8.35. The quantitative estimate of drug-likeness (QED) is 0.770. The molecular weight excluding hydrogens is 372 g/mol. The van der Waals surface area contributed by atoms with Crippen LogP contribution in [0.4, 0.5) is 0 Å². The van der Waals surface area contributed by atoms with Crippen LogP contribution in [0.15, 0.2) is 48.5 Å². The first-order valence-electron chi connectivity index (χ1n) is 11.0. The molecule has 2 aromatic rings. The minimum absolute atomic E-state index is 0.302. The van der Waals surface area contributed by atoms with Gasteiger partial charge in [0.1, 0.15) is 0 Å². The smallest absolute Gasteiger partial charge is 0.236 e. The van der Waals surface area contributed by atoms with Crippen molar-refractivity contribution >= 4 is 5.91 Å². The zero-order valence-electron chi connectivity index (χ0n) is 17.6. The molecule has 0 saturated carbocycles. The number of piperidine rings is 1. The van der Waals surface area contributed by atoms with Crippen molar-refractivity contribution in [2.75, 3.05) is 45.8 Å². The Balaban J connectivity index is 1.27. The van der Waals surface area contributed by atoms with E-state index in [1.165, 1.54) is 12.0 Å². The fourth-order valence-corrected chi connectivity index (χ4v) is 4.42. The Hall–Kier alpha value is -2.68. The monoisotopic (exact) mass is 402 g/mol. The van der Waals surface area contributed by atoms with Gasteiger partial charge in [0.25, 0.3) is 0 Å². The Morgan fingerprint density at radius 3 is 2.20 bits per heavy atom. The standard InChI is InChI=1S/C25H30N4O/c26-18-23-6-2-3-7-24(23)22-10-8-21(9-11-22)19-27-14-16-28(17-15-27)20-25(30)29-12-4-1-5-13-29/h2-3,6-11H,1,4-5,12-17,19-20H2. The largest absolute Gasteiger partial charge is 0.342 e. The zero-order chi connectivity index (χ0) is 20.8. The summed E-state index contributed by atoms with van der Waals surface area (Å²) in [5.74, 6) is 0.302. The molecule has 1 amide bonds. The lowest BCUT2D eigenvalue weighted by Gasteiger charge is -2.36. The molecule has 5 heteroatoms. The van der Waals surface area contributed by atoms with Crippen LogP contribution >= 0.6 is 0 Å². The van der Waals surface area contributed by atoms with Gasteiger partial charge in [-0.15, -0.1) is 0 Å². The Kier molecular flexibility index (Phi) is 6.78. The van der Waals surface area contributed by atoms with Crippen LogP contribution < -0.4 is 0 Å². The molecule has 0 N–H and O–H groups in total. The van der Waals surface area contributed by atoms with Gasteiger partial charge in [0.05, 0.1) is 18.2 Å². The molecule has 0 aromatic heterocycles. The first kappa shape index (κ1) is 20.6. The number of amides is 1. The topological polar surface area (TPSA) is 50.6 Å². The summed E-state index contributed by atoms with van der Waals surface area (Å²) in [5.41, 5.74) is 4.06. The first-order valence-corrected chi connectivity index (χ1v) is 11.0. The van der Waals surface area contributed by atoms with Gasteiger partial charge in [-0.3, -0.25) is 14.6 Å². The number of benzene rings is 2. The maximum Gasteiger partial charge on any atom is 0.236 e. The maximum absolute atomic E-state index is 12.5. The van der Waals surface area contributed by atoms with Crippen molar-refractivity contribution in [3.8, 4) is 17.2 Å². The number of carbonyl (C=O) groups is 1. The van der Waals surface area contributed by atoms with Gasteiger partial charge in [0.2, 0.25) is 5.91 Å². The van der Waals surface area contributed by atoms with Crippen molar-refractivity contribution in [1.82, 2.24) is 14.7 Å². The van der Waals surface area contributed by atoms with Crippen LogP contribution in [0, 0.1) is 11.3 Å². The van der Waals surface area contributed by atoms with E-state index in [-0.39, 0.29) is 0 Å². The lowest BCUT2D eigenvalue weighted by molar-refractivity contribution is -0.133. The Morgan fingerprint density at radius 1 is 0.833 bits per heavy atom. The molecule has 0 radical (unpaired) electrons. The summed E-state index contributed by atoms with van der Waals surface area (Å²) in [6, 6.07) is 18.5. The van der Waals surface area contributed by atoms with Crippen LogP contribution in [0.25, 0.3) is 11.1 Å². The molecule has 2 fully saturated rings. The maximum atomic E-state index is 12.5. The van der Waals surface area contributed by atoms with E-state index >= 15 is 0 Å². The molecular formula is C25H30N4O. The highest BCUT2D eigenvalue weighted by Gasteiger charge is 2.22. The molecule has 2 aliphatic heterocycles. The predicted octanol–water partition coefficient (Wildman–Crippen LogP) is 3.36. The Morgan fingerprint density at radius 2 is 1.50 bits per heavy atom. The summed E-state index contributed by atoms with van der Waals surface area (Å²) >= 11 is 0. The molecule has 0 spiro atoms. The molecule has 5 nitrogen and oxygen atoms in total. The number of hydrogen-bond acceptors (Lipinski definition) is 4. The van der Waals surface area contributed by atoms with Gasteiger partial charge >= 0.3 is 0 Å². The van der Waals surface area contributed by atoms with Gasteiger partial charge in [0.15, 0.2) is 0 Å². The minimum Gasteiger partial charge on any atom is -0.342 e. The predicted molar refractivity (Wildman–Crippen MR) is 119 cm³/mol. The molecule has 4 rings (SSSR count). The second-order valence-corrected chi connectivity index (χ2v) is 8.35. The van der Waals surface area contributed by atoms with Gasteiger partial charge in [0, 0.05) is 45.8 Å². The van der Waals surface area contributed by atoms with Gasteiger partial charge in [-0.05, 0) is 42.0 Å². The highest BCUT2D eigenvalue weighted by Crippen LogP contribution is 2.24. The summed E-state index contributed by atoms with van der Waals surface area (Å²) in [5, 5.41) is 9.32. The fraction of sp³-hybridized carbons (Fsp3) is 0.440. The fourth-order valence-electron chi connectivity index (χ4n) is 4.42. The van der Waals surface area contributed by atoms with Crippen molar-refractivity contribution in [2.24, 2.45) is 0 Å². The number of nitrogens with zero attached hydrogens (tertiary/aromatic N) is 4. The summed E-state index contributed by atoms with van der Waals surface area (Å²) in [6.45, 7) is 7.26. The lowest BCUT2D eigenvalue weighted by Crippen LogP contribution is -2.50. The number of rotatable bonds is 5. The molecule has 2 aliphatic rings. The van der Waals surface area contributed by atoms with Crippen molar-refractivity contribution in [2.45, 2.75) is 25.8 Å². The number of nitriles is 1. The van der Waals surface area contributed by atoms with Crippen LogP contribution in [-0.2, 0) is 11.3 Å². The molecule has 0 atom stereocenters. The third-order valence-electron chi connectivity index (χ3n) is 6.25. The van der Waals surface area contributed by atoms with Crippen molar-refractivity contribution in [3.05, 3.63) is 59.7 Å². The first-order chi connectivity index (χ1) is 14.7. The SMILES string of the molecule is N#Cc1ccccc1-c1ccc(CN2CCN(CC(=O)N3CCCCC3)CC2)cc1. The molecule has 30 heavy (non-hydrogen) atoms. The van der Waals surface area contributed by atoms with Crippen molar-refractivity contribution in [1.29, 1.82) is 5.26 Å². The van der Waals surface area contributed by atoms with E-state index in [1.54, 1.807) is 0 Å². The Labute approximate surface area is 179 Å². The minimum atomic E-state index is 0.302. The highest BCUT2D eigenvalue weighted by molar-refractivity contribution is 5.78. The van der Waals surface area contributed by atoms with E-state index in [9.17, 15) is 10.1 Å². The summed E-state index contributed by atoms with van der Waals surface area (Å²) < 4.78 is 0. The van der Waals surface area contributed by atoms with Crippen LogP contribution in [0.3, 0.4) is 0 Å². The number of piperazine rings is 1. The van der Waals surface area contributed by atoms with E-state index in [0.29, 0.717) is 18.0 Å².